The van der Waals surface area contributed by atoms with Crippen LogP contribution in [0.2, 0.25) is 0 Å². The van der Waals surface area contributed by atoms with Crippen LogP contribution in [-0.2, 0) is 26.5 Å². The molecule has 0 spiro atoms. The van der Waals surface area contributed by atoms with Gasteiger partial charge in [-0.15, -0.1) is 13.1 Å². The van der Waals surface area contributed by atoms with E-state index >= 15 is 0 Å². The first-order valence-electron chi connectivity index (χ1n) is 5.42. The summed E-state index contributed by atoms with van der Waals surface area (Å²) in [4.78, 5) is 0. The van der Waals surface area contributed by atoms with E-state index in [1.165, 1.54) is 0 Å². The second-order valence-corrected chi connectivity index (χ2v) is 3.27. The zero-order chi connectivity index (χ0) is 9.90. The molecule has 1 saturated heterocycles. The van der Waals surface area contributed by atoms with Crippen LogP contribution in [0.5, 0.6) is 0 Å². The maximum atomic E-state index is 5.38. The van der Waals surface area contributed by atoms with Crippen molar-refractivity contribution in [3.63, 3.8) is 0 Å². The van der Waals surface area contributed by atoms with Gasteiger partial charge in [0, 0.05) is 26.4 Å². The fraction of sp³-hybridized carbons (Fsp3) is 1.00. The van der Waals surface area contributed by atoms with Crippen LogP contribution < -0.4 is 0 Å². The Morgan fingerprint density at radius 1 is 0.600 bits per heavy atom. The molecular formula is C10H20CuN2O2. The largest absolute Gasteiger partial charge is 2.00 e. The molecule has 1 aliphatic rings. The van der Waals surface area contributed by atoms with Crippen molar-refractivity contribution in [1.29, 1.82) is 0 Å². The van der Waals surface area contributed by atoms with E-state index in [2.05, 4.69) is 10.6 Å². The molecule has 1 heterocycles. The minimum Gasteiger partial charge on any atom is -0.660 e. The van der Waals surface area contributed by atoms with Gasteiger partial charge in [0.25, 0.3) is 0 Å². The molecule has 4 nitrogen and oxygen atoms in total. The molecule has 0 atom stereocenters. The second kappa shape index (κ2) is 12.4. The SMILES string of the molecule is C1C[N-]CCOCCCOCC[N-]C1.[Cu+2]. The Balaban J connectivity index is 0.00000196. The molecule has 15 heavy (non-hydrogen) atoms. The number of rotatable bonds is 0. The molecule has 1 aliphatic heterocycles. The van der Waals surface area contributed by atoms with E-state index in [1.807, 2.05) is 0 Å². The van der Waals surface area contributed by atoms with Gasteiger partial charge < -0.3 is 20.1 Å². The maximum absolute atomic E-state index is 5.38. The van der Waals surface area contributed by atoms with Gasteiger partial charge in [0.05, 0.1) is 0 Å². The van der Waals surface area contributed by atoms with E-state index in [9.17, 15) is 0 Å². The Morgan fingerprint density at radius 3 is 1.67 bits per heavy atom. The number of hydrogen-bond acceptors (Lipinski definition) is 2. The van der Waals surface area contributed by atoms with Gasteiger partial charge in [0.2, 0.25) is 0 Å². The minimum atomic E-state index is 0. The van der Waals surface area contributed by atoms with E-state index in [4.69, 9.17) is 9.47 Å². The molecule has 0 saturated carbocycles. The number of ether oxygens (including phenoxy) is 2. The van der Waals surface area contributed by atoms with Crippen LogP contribution in [0.25, 0.3) is 10.6 Å². The van der Waals surface area contributed by atoms with Crippen molar-refractivity contribution in [2.24, 2.45) is 0 Å². The van der Waals surface area contributed by atoms with Gasteiger partial charge >= 0.3 is 17.1 Å². The molecule has 0 amide bonds. The predicted molar refractivity (Wildman–Crippen MR) is 57.1 cm³/mol. The Kier molecular flexibility index (Phi) is 12.7. The average Bonchev–Trinajstić information content (AvgIpc) is 2.22. The summed E-state index contributed by atoms with van der Waals surface area (Å²) in [6.45, 7) is 6.52. The summed E-state index contributed by atoms with van der Waals surface area (Å²) in [6, 6.07) is 0. The molecule has 0 unspecified atom stereocenters. The third-order valence-corrected chi connectivity index (χ3v) is 2.00. The van der Waals surface area contributed by atoms with Crippen molar-refractivity contribution in [2.45, 2.75) is 12.8 Å². The van der Waals surface area contributed by atoms with Gasteiger partial charge in [-0.3, -0.25) is 0 Å². The molecule has 0 aromatic rings. The smallest absolute Gasteiger partial charge is 0.660 e. The van der Waals surface area contributed by atoms with Crippen molar-refractivity contribution >= 4 is 0 Å². The molecule has 1 rings (SSSR count). The monoisotopic (exact) mass is 263 g/mol. The zero-order valence-electron chi connectivity index (χ0n) is 9.08. The standard InChI is InChI=1S/C10H20N2O2.Cu/c1-3-11-5-9-13-7-2-8-14-10-6-12-4-1;/h1-10H2;/q-2;+2. The average molecular weight is 264 g/mol. The summed E-state index contributed by atoms with van der Waals surface area (Å²) < 4.78 is 10.8. The molecule has 1 fully saturated rings. The summed E-state index contributed by atoms with van der Waals surface area (Å²) in [5, 5.41) is 8.69. The molecule has 1 radical (unpaired) electrons. The van der Waals surface area contributed by atoms with E-state index in [1.54, 1.807) is 0 Å². The van der Waals surface area contributed by atoms with E-state index < -0.39 is 0 Å². The number of hydrogen-bond donors (Lipinski definition) is 0. The van der Waals surface area contributed by atoms with Gasteiger partial charge in [-0.1, -0.05) is 6.42 Å². The third kappa shape index (κ3) is 10.6. The van der Waals surface area contributed by atoms with E-state index in [0.29, 0.717) is 0 Å². The first-order valence-corrected chi connectivity index (χ1v) is 5.42. The zero-order valence-corrected chi connectivity index (χ0v) is 10.0. The first kappa shape index (κ1) is 15.4. The fourth-order valence-electron chi connectivity index (χ4n) is 1.24. The summed E-state index contributed by atoms with van der Waals surface area (Å²) in [7, 11) is 0. The van der Waals surface area contributed by atoms with E-state index in [-0.39, 0.29) is 17.1 Å². The maximum Gasteiger partial charge on any atom is 2.00 e. The van der Waals surface area contributed by atoms with Gasteiger partial charge in [0.1, 0.15) is 0 Å². The topological polar surface area (TPSA) is 46.7 Å². The van der Waals surface area contributed by atoms with Crippen molar-refractivity contribution in [2.75, 3.05) is 52.6 Å². The van der Waals surface area contributed by atoms with Gasteiger partial charge in [-0.05, 0) is 6.42 Å². The molecule has 0 aromatic carbocycles. The summed E-state index contributed by atoms with van der Waals surface area (Å²) in [5.41, 5.74) is 0. The molecule has 0 aromatic heterocycles. The Morgan fingerprint density at radius 2 is 1.13 bits per heavy atom. The van der Waals surface area contributed by atoms with E-state index in [0.717, 1.165) is 65.4 Å². The van der Waals surface area contributed by atoms with Crippen molar-refractivity contribution in [1.82, 2.24) is 0 Å². The van der Waals surface area contributed by atoms with Crippen LogP contribution >= 0.6 is 0 Å². The molecular weight excluding hydrogens is 244 g/mol. The number of nitrogens with zero attached hydrogens (tertiary/aromatic N) is 2. The normalized spacial score (nSPS) is 22.4. The van der Waals surface area contributed by atoms with Crippen LogP contribution in [0.1, 0.15) is 12.8 Å². The minimum absolute atomic E-state index is 0. The molecule has 0 bridgehead atoms. The molecule has 0 N–H and O–H groups in total. The van der Waals surface area contributed by atoms with Crippen LogP contribution in [-0.4, -0.2) is 52.6 Å². The van der Waals surface area contributed by atoms with Gasteiger partial charge in [-0.2, -0.15) is 13.1 Å². The fourth-order valence-corrected chi connectivity index (χ4v) is 1.24. The summed E-state index contributed by atoms with van der Waals surface area (Å²) in [6.07, 6.45) is 2.03. The molecule has 5 heteroatoms. The van der Waals surface area contributed by atoms with Crippen molar-refractivity contribution in [3.8, 4) is 0 Å². The Hall–Kier alpha value is 0.359. The van der Waals surface area contributed by atoms with Gasteiger partial charge in [0.15, 0.2) is 0 Å². The molecule has 0 aliphatic carbocycles. The quantitative estimate of drug-likeness (QED) is 0.623. The van der Waals surface area contributed by atoms with Crippen LogP contribution in [0.4, 0.5) is 0 Å². The Labute approximate surface area is 103 Å². The third-order valence-electron chi connectivity index (χ3n) is 2.00. The summed E-state index contributed by atoms with van der Waals surface area (Å²) >= 11 is 0. The van der Waals surface area contributed by atoms with Crippen molar-refractivity contribution in [3.05, 3.63) is 10.6 Å². The summed E-state index contributed by atoms with van der Waals surface area (Å²) in [5.74, 6) is 0. The second-order valence-electron chi connectivity index (χ2n) is 3.27. The van der Waals surface area contributed by atoms with Crippen LogP contribution in [0.15, 0.2) is 0 Å². The predicted octanol–water partition coefficient (Wildman–Crippen LogP) is 1.56. The van der Waals surface area contributed by atoms with Crippen molar-refractivity contribution < 1.29 is 26.5 Å². The van der Waals surface area contributed by atoms with Crippen LogP contribution in [0, 0.1) is 0 Å². The Bertz CT molecular complexity index is 74.7. The van der Waals surface area contributed by atoms with Gasteiger partial charge in [-0.25, -0.2) is 0 Å². The molecule has 93 valence electrons. The van der Waals surface area contributed by atoms with Crippen LogP contribution in [0.3, 0.4) is 0 Å². The first-order chi connectivity index (χ1) is 7.00.